The van der Waals surface area contributed by atoms with Gasteiger partial charge in [-0.25, -0.2) is 4.98 Å². The Morgan fingerprint density at radius 3 is 2.59 bits per heavy atom. The number of anilines is 1. The molecule has 0 aliphatic heterocycles. The van der Waals surface area contributed by atoms with E-state index in [2.05, 4.69) is 10.3 Å². The summed E-state index contributed by atoms with van der Waals surface area (Å²) in [7, 11) is 0. The molecule has 1 N–H and O–H groups in total. The first kappa shape index (κ1) is 17.2. The lowest BCUT2D eigenvalue weighted by Gasteiger charge is -2.11. The largest absolute Gasteiger partial charge is 0.322 e. The smallest absolute Gasteiger partial charge is 0.256 e. The Balaban J connectivity index is 1.78. The molecular formula is C22H17N3OS. The van der Waals surface area contributed by atoms with Gasteiger partial charge in [0.25, 0.3) is 5.91 Å². The molecule has 5 heteroatoms. The molecule has 0 atom stereocenters. The second-order valence-electron chi connectivity index (χ2n) is 5.99. The molecule has 0 radical (unpaired) electrons. The molecule has 4 aromatic rings. The van der Waals surface area contributed by atoms with Crippen molar-refractivity contribution in [3.05, 3.63) is 84.7 Å². The highest BCUT2D eigenvalue weighted by atomic mass is 32.2. The van der Waals surface area contributed by atoms with Gasteiger partial charge in [0.2, 0.25) is 0 Å². The summed E-state index contributed by atoms with van der Waals surface area (Å²) in [5, 5.41) is 3.84. The average Bonchev–Trinajstić information content (AvgIpc) is 2.73. The third-order valence-corrected chi connectivity index (χ3v) is 4.99. The summed E-state index contributed by atoms with van der Waals surface area (Å²) >= 11 is 1.64. The van der Waals surface area contributed by atoms with Crippen molar-refractivity contribution in [3.8, 4) is 11.3 Å². The number of hydrogen-bond donors (Lipinski definition) is 1. The van der Waals surface area contributed by atoms with Crippen molar-refractivity contribution in [2.75, 3.05) is 11.6 Å². The Labute approximate surface area is 161 Å². The molecule has 0 fully saturated rings. The maximum absolute atomic E-state index is 13.1. The monoisotopic (exact) mass is 371 g/mol. The zero-order chi connectivity index (χ0) is 18.6. The van der Waals surface area contributed by atoms with Crippen molar-refractivity contribution >= 4 is 34.3 Å². The Bertz CT molecular complexity index is 1110. The number of rotatable bonds is 4. The quantitative estimate of drug-likeness (QED) is 0.497. The molecule has 2 aromatic heterocycles. The standard InChI is InChI=1S/C22H17N3OS/c1-27-17-6-4-5-16(13-17)24-22(26)19-14-21(15-9-11-23-12-10-15)25-20-8-3-2-7-18(19)20/h2-14H,1H3,(H,24,26). The zero-order valence-corrected chi connectivity index (χ0v) is 15.5. The molecule has 2 heterocycles. The van der Waals surface area contributed by atoms with Gasteiger partial charge in [-0.2, -0.15) is 0 Å². The summed E-state index contributed by atoms with van der Waals surface area (Å²) < 4.78 is 0. The minimum Gasteiger partial charge on any atom is -0.322 e. The molecule has 0 bridgehead atoms. The molecule has 0 spiro atoms. The van der Waals surface area contributed by atoms with Crippen LogP contribution in [0, 0.1) is 0 Å². The van der Waals surface area contributed by atoms with E-state index in [-0.39, 0.29) is 5.91 Å². The molecule has 0 aliphatic carbocycles. The highest BCUT2D eigenvalue weighted by Gasteiger charge is 2.14. The van der Waals surface area contributed by atoms with E-state index in [0.29, 0.717) is 5.56 Å². The summed E-state index contributed by atoms with van der Waals surface area (Å²) in [6.45, 7) is 0. The average molecular weight is 371 g/mol. The fourth-order valence-corrected chi connectivity index (χ4v) is 3.39. The number of aromatic nitrogens is 2. The van der Waals surface area contributed by atoms with Crippen LogP contribution < -0.4 is 5.32 Å². The van der Waals surface area contributed by atoms with Crippen LogP contribution in [0.15, 0.2) is 84.0 Å². The molecule has 1 amide bonds. The number of benzene rings is 2. The van der Waals surface area contributed by atoms with Gasteiger partial charge in [-0.1, -0.05) is 24.3 Å². The zero-order valence-electron chi connectivity index (χ0n) is 14.7. The van der Waals surface area contributed by atoms with Gasteiger partial charge < -0.3 is 5.32 Å². The predicted molar refractivity (Wildman–Crippen MR) is 111 cm³/mol. The van der Waals surface area contributed by atoms with Gasteiger partial charge in [-0.15, -0.1) is 11.8 Å². The second kappa shape index (κ2) is 7.60. The molecule has 4 rings (SSSR count). The van der Waals surface area contributed by atoms with E-state index in [1.54, 1.807) is 24.2 Å². The second-order valence-corrected chi connectivity index (χ2v) is 6.87. The maximum Gasteiger partial charge on any atom is 0.256 e. The van der Waals surface area contributed by atoms with Gasteiger partial charge in [-0.3, -0.25) is 9.78 Å². The number of carbonyl (C=O) groups is 1. The maximum atomic E-state index is 13.1. The number of para-hydroxylation sites is 1. The van der Waals surface area contributed by atoms with Gasteiger partial charge >= 0.3 is 0 Å². The molecular weight excluding hydrogens is 354 g/mol. The van der Waals surface area contributed by atoms with Crippen LogP contribution in [0.5, 0.6) is 0 Å². The first-order valence-electron chi connectivity index (χ1n) is 8.50. The third-order valence-electron chi connectivity index (χ3n) is 4.26. The van der Waals surface area contributed by atoms with Gasteiger partial charge in [0.05, 0.1) is 16.8 Å². The van der Waals surface area contributed by atoms with Crippen LogP contribution in [-0.2, 0) is 0 Å². The molecule has 4 nitrogen and oxygen atoms in total. The Kier molecular flexibility index (Phi) is 4.85. The third kappa shape index (κ3) is 3.68. The van der Waals surface area contributed by atoms with Gasteiger partial charge in [0.15, 0.2) is 0 Å². The van der Waals surface area contributed by atoms with E-state index in [1.165, 1.54) is 0 Å². The fraction of sp³-hybridized carbons (Fsp3) is 0.0455. The summed E-state index contributed by atoms with van der Waals surface area (Å²) in [6, 6.07) is 21.1. The number of fused-ring (bicyclic) bond motifs is 1. The van der Waals surface area contributed by atoms with Crippen molar-refractivity contribution in [1.29, 1.82) is 0 Å². The minimum atomic E-state index is -0.151. The van der Waals surface area contributed by atoms with Crippen LogP contribution in [0.2, 0.25) is 0 Å². The highest BCUT2D eigenvalue weighted by Crippen LogP contribution is 2.26. The Hall–Kier alpha value is -3.18. The molecule has 0 aliphatic rings. The van der Waals surface area contributed by atoms with E-state index < -0.39 is 0 Å². The topological polar surface area (TPSA) is 54.9 Å². The van der Waals surface area contributed by atoms with E-state index in [1.807, 2.05) is 73.0 Å². The van der Waals surface area contributed by atoms with Crippen LogP contribution >= 0.6 is 11.8 Å². The number of carbonyl (C=O) groups excluding carboxylic acids is 1. The summed E-state index contributed by atoms with van der Waals surface area (Å²) in [6.07, 6.45) is 5.46. The van der Waals surface area contributed by atoms with E-state index >= 15 is 0 Å². The van der Waals surface area contributed by atoms with Gasteiger partial charge in [-0.05, 0) is 48.7 Å². The summed E-state index contributed by atoms with van der Waals surface area (Å²) in [4.78, 5) is 22.9. The molecule has 2 aromatic carbocycles. The summed E-state index contributed by atoms with van der Waals surface area (Å²) in [5.74, 6) is -0.151. The van der Waals surface area contributed by atoms with Crippen molar-refractivity contribution in [1.82, 2.24) is 9.97 Å². The number of amides is 1. The Morgan fingerprint density at radius 2 is 1.78 bits per heavy atom. The van der Waals surface area contributed by atoms with Crippen LogP contribution in [0.3, 0.4) is 0 Å². The normalized spacial score (nSPS) is 10.7. The number of pyridine rings is 2. The highest BCUT2D eigenvalue weighted by molar-refractivity contribution is 7.98. The van der Waals surface area contributed by atoms with Crippen molar-refractivity contribution in [2.24, 2.45) is 0 Å². The number of nitrogens with zero attached hydrogens (tertiary/aromatic N) is 2. The van der Waals surface area contributed by atoms with E-state index in [0.717, 1.165) is 32.7 Å². The van der Waals surface area contributed by atoms with Crippen LogP contribution in [0.25, 0.3) is 22.2 Å². The van der Waals surface area contributed by atoms with Crippen molar-refractivity contribution in [3.63, 3.8) is 0 Å². The summed E-state index contributed by atoms with van der Waals surface area (Å²) in [5.41, 5.74) is 3.84. The van der Waals surface area contributed by atoms with E-state index in [9.17, 15) is 4.79 Å². The lowest BCUT2D eigenvalue weighted by molar-refractivity contribution is 0.102. The number of thioether (sulfide) groups is 1. The number of hydrogen-bond acceptors (Lipinski definition) is 4. The molecule has 0 saturated heterocycles. The molecule has 27 heavy (non-hydrogen) atoms. The lowest BCUT2D eigenvalue weighted by Crippen LogP contribution is -2.13. The first-order chi connectivity index (χ1) is 13.2. The SMILES string of the molecule is CSc1cccc(NC(=O)c2cc(-c3ccncc3)nc3ccccc23)c1. The van der Waals surface area contributed by atoms with Gasteiger partial charge in [0, 0.05) is 33.9 Å². The van der Waals surface area contributed by atoms with Gasteiger partial charge in [0.1, 0.15) is 0 Å². The Morgan fingerprint density at radius 1 is 0.963 bits per heavy atom. The van der Waals surface area contributed by atoms with E-state index in [4.69, 9.17) is 4.98 Å². The number of nitrogens with one attached hydrogen (secondary N) is 1. The molecule has 0 unspecified atom stereocenters. The van der Waals surface area contributed by atoms with Crippen LogP contribution in [0.4, 0.5) is 5.69 Å². The van der Waals surface area contributed by atoms with Crippen molar-refractivity contribution < 1.29 is 4.79 Å². The lowest BCUT2D eigenvalue weighted by atomic mass is 10.0. The van der Waals surface area contributed by atoms with Crippen LogP contribution in [-0.4, -0.2) is 22.1 Å². The first-order valence-corrected chi connectivity index (χ1v) is 9.72. The fourth-order valence-electron chi connectivity index (χ4n) is 2.93. The van der Waals surface area contributed by atoms with Crippen molar-refractivity contribution in [2.45, 2.75) is 4.90 Å². The minimum absolute atomic E-state index is 0.151. The van der Waals surface area contributed by atoms with Crippen LogP contribution in [0.1, 0.15) is 10.4 Å². The molecule has 132 valence electrons. The predicted octanol–water partition coefficient (Wildman–Crippen LogP) is 5.27. The molecule has 0 saturated carbocycles.